The SMILES string of the molecule is Cc1ccc2oc(C(=O)O[C@H](C)C(=O)Nc3ccc4c(c3)OCCO4)cc(=O)c2c1. The summed E-state index contributed by atoms with van der Waals surface area (Å²) in [5, 5.41) is 3.02. The molecule has 0 unspecified atom stereocenters. The molecule has 8 nitrogen and oxygen atoms in total. The average molecular weight is 409 g/mol. The Balaban J connectivity index is 1.45. The highest BCUT2D eigenvalue weighted by molar-refractivity contribution is 5.97. The van der Waals surface area contributed by atoms with Gasteiger partial charge in [0.2, 0.25) is 5.76 Å². The fraction of sp³-hybridized carbons (Fsp3) is 0.227. The maximum atomic E-state index is 12.4. The van der Waals surface area contributed by atoms with Crippen molar-refractivity contribution in [3.8, 4) is 11.5 Å². The molecular formula is C22H19NO7. The maximum Gasteiger partial charge on any atom is 0.375 e. The van der Waals surface area contributed by atoms with E-state index in [1.807, 2.05) is 6.92 Å². The van der Waals surface area contributed by atoms with Crippen molar-refractivity contribution < 1.29 is 28.2 Å². The van der Waals surface area contributed by atoms with Gasteiger partial charge < -0.3 is 23.9 Å². The topological polar surface area (TPSA) is 104 Å². The molecule has 4 rings (SSSR count). The van der Waals surface area contributed by atoms with E-state index in [0.717, 1.165) is 11.6 Å². The number of carbonyl (C=O) groups excluding carboxylic acids is 2. The second kappa shape index (κ2) is 7.90. The molecule has 0 fully saturated rings. The molecule has 1 aliphatic rings. The Morgan fingerprint density at radius 1 is 1.03 bits per heavy atom. The van der Waals surface area contributed by atoms with Crippen LogP contribution in [0.2, 0.25) is 0 Å². The van der Waals surface area contributed by atoms with Crippen LogP contribution in [0.1, 0.15) is 23.0 Å². The van der Waals surface area contributed by atoms with Gasteiger partial charge in [-0.05, 0) is 38.1 Å². The standard InChI is InChI=1S/C22H19NO7/c1-12-3-5-17-15(9-12)16(24)11-20(30-17)22(26)29-13(2)21(25)23-14-4-6-18-19(10-14)28-8-7-27-18/h3-6,9-11,13H,7-8H2,1-2H3,(H,23,25)/t13-/m1/s1. The average Bonchev–Trinajstić information content (AvgIpc) is 2.74. The van der Waals surface area contributed by atoms with E-state index in [1.165, 1.54) is 6.92 Å². The Hall–Kier alpha value is -3.81. The number of nitrogens with one attached hydrogen (secondary N) is 1. The molecule has 1 amide bonds. The van der Waals surface area contributed by atoms with Crippen LogP contribution in [-0.4, -0.2) is 31.2 Å². The number of anilines is 1. The van der Waals surface area contributed by atoms with E-state index in [0.29, 0.717) is 35.8 Å². The first kappa shape index (κ1) is 19.5. The molecule has 1 aromatic heterocycles. The predicted molar refractivity (Wildman–Crippen MR) is 108 cm³/mol. The molecule has 1 N–H and O–H groups in total. The molecule has 8 heteroatoms. The summed E-state index contributed by atoms with van der Waals surface area (Å²) in [6, 6.07) is 11.1. The van der Waals surface area contributed by atoms with E-state index in [2.05, 4.69) is 5.32 Å². The molecule has 154 valence electrons. The smallest absolute Gasteiger partial charge is 0.375 e. The molecule has 2 heterocycles. The fourth-order valence-corrected chi connectivity index (χ4v) is 3.01. The van der Waals surface area contributed by atoms with Crippen LogP contribution in [0.15, 0.2) is 51.7 Å². The zero-order valence-electron chi connectivity index (χ0n) is 16.4. The van der Waals surface area contributed by atoms with Gasteiger partial charge in [0, 0.05) is 17.8 Å². The van der Waals surface area contributed by atoms with Crippen molar-refractivity contribution in [2.45, 2.75) is 20.0 Å². The first-order valence-electron chi connectivity index (χ1n) is 9.37. The minimum Gasteiger partial charge on any atom is -0.486 e. The highest BCUT2D eigenvalue weighted by Gasteiger charge is 2.22. The molecular weight excluding hydrogens is 390 g/mol. The van der Waals surface area contributed by atoms with Gasteiger partial charge in [-0.2, -0.15) is 0 Å². The lowest BCUT2D eigenvalue weighted by molar-refractivity contribution is -0.123. The van der Waals surface area contributed by atoms with E-state index in [-0.39, 0.29) is 16.8 Å². The van der Waals surface area contributed by atoms with Crippen molar-refractivity contribution in [1.82, 2.24) is 0 Å². The van der Waals surface area contributed by atoms with Crippen LogP contribution in [0.5, 0.6) is 11.5 Å². The first-order valence-corrected chi connectivity index (χ1v) is 9.37. The number of ether oxygens (including phenoxy) is 3. The number of carbonyl (C=O) groups is 2. The van der Waals surface area contributed by atoms with Crippen LogP contribution >= 0.6 is 0 Å². The van der Waals surface area contributed by atoms with E-state index in [1.54, 1.807) is 36.4 Å². The van der Waals surface area contributed by atoms with Crippen LogP contribution in [0, 0.1) is 6.92 Å². The summed E-state index contributed by atoms with van der Waals surface area (Å²) in [6.07, 6.45) is -1.12. The number of hydrogen-bond donors (Lipinski definition) is 1. The molecule has 1 aliphatic heterocycles. The van der Waals surface area contributed by atoms with Gasteiger partial charge in [0.1, 0.15) is 18.8 Å². The molecule has 1 atom stereocenters. The van der Waals surface area contributed by atoms with Crippen molar-refractivity contribution in [2.75, 3.05) is 18.5 Å². The minimum absolute atomic E-state index is 0.268. The molecule has 3 aromatic rings. The second-order valence-electron chi connectivity index (χ2n) is 6.87. The molecule has 2 aromatic carbocycles. The third kappa shape index (κ3) is 3.98. The Morgan fingerprint density at radius 3 is 2.60 bits per heavy atom. The molecule has 0 spiro atoms. The summed E-state index contributed by atoms with van der Waals surface area (Å²) in [5.74, 6) is -0.592. The van der Waals surface area contributed by atoms with Gasteiger partial charge >= 0.3 is 5.97 Å². The monoisotopic (exact) mass is 409 g/mol. The number of hydrogen-bond acceptors (Lipinski definition) is 7. The molecule has 0 saturated heterocycles. The van der Waals surface area contributed by atoms with Crippen molar-refractivity contribution in [3.05, 3.63) is 64.0 Å². The lowest BCUT2D eigenvalue weighted by Crippen LogP contribution is -2.30. The van der Waals surface area contributed by atoms with Crippen molar-refractivity contribution in [1.29, 1.82) is 0 Å². The quantitative estimate of drug-likeness (QED) is 0.661. The summed E-state index contributed by atoms with van der Waals surface area (Å²) in [5.41, 5.74) is 1.28. The van der Waals surface area contributed by atoms with Gasteiger partial charge in [0.15, 0.2) is 23.0 Å². The van der Waals surface area contributed by atoms with E-state index in [4.69, 9.17) is 18.6 Å². The van der Waals surface area contributed by atoms with Crippen LogP contribution in [-0.2, 0) is 9.53 Å². The van der Waals surface area contributed by atoms with Crippen molar-refractivity contribution in [3.63, 3.8) is 0 Å². The van der Waals surface area contributed by atoms with Gasteiger partial charge in [-0.3, -0.25) is 9.59 Å². The molecule has 0 radical (unpaired) electrons. The van der Waals surface area contributed by atoms with Crippen LogP contribution in [0.25, 0.3) is 11.0 Å². The Kier molecular flexibility index (Phi) is 5.14. The highest BCUT2D eigenvalue weighted by Crippen LogP contribution is 2.32. The molecule has 30 heavy (non-hydrogen) atoms. The number of fused-ring (bicyclic) bond motifs is 2. The van der Waals surface area contributed by atoms with Crippen LogP contribution in [0.3, 0.4) is 0 Å². The summed E-state index contributed by atoms with van der Waals surface area (Å²) in [7, 11) is 0. The zero-order valence-corrected chi connectivity index (χ0v) is 16.4. The summed E-state index contributed by atoms with van der Waals surface area (Å²) in [4.78, 5) is 37.1. The van der Waals surface area contributed by atoms with Gasteiger partial charge in [0.25, 0.3) is 5.91 Å². The lowest BCUT2D eigenvalue weighted by Gasteiger charge is -2.19. The number of aryl methyl sites for hydroxylation is 1. The summed E-state index contributed by atoms with van der Waals surface area (Å²) < 4.78 is 21.6. The minimum atomic E-state index is -1.12. The fourth-order valence-electron chi connectivity index (χ4n) is 3.01. The lowest BCUT2D eigenvalue weighted by atomic mass is 10.1. The zero-order chi connectivity index (χ0) is 21.3. The number of rotatable bonds is 4. The van der Waals surface area contributed by atoms with Gasteiger partial charge in [-0.1, -0.05) is 11.6 Å². The molecule has 0 bridgehead atoms. The molecule has 0 aliphatic carbocycles. The summed E-state index contributed by atoms with van der Waals surface area (Å²) in [6.45, 7) is 4.17. The molecule has 0 saturated carbocycles. The normalized spacial score (nSPS) is 13.5. The summed E-state index contributed by atoms with van der Waals surface area (Å²) >= 11 is 0. The van der Waals surface area contributed by atoms with Crippen molar-refractivity contribution in [2.24, 2.45) is 0 Å². The Bertz CT molecular complexity index is 1200. The largest absolute Gasteiger partial charge is 0.486 e. The van der Waals surface area contributed by atoms with Gasteiger partial charge in [0.05, 0.1) is 5.39 Å². The third-order valence-corrected chi connectivity index (χ3v) is 4.55. The van der Waals surface area contributed by atoms with E-state index in [9.17, 15) is 14.4 Å². The first-order chi connectivity index (χ1) is 14.4. The van der Waals surface area contributed by atoms with Crippen molar-refractivity contribution >= 4 is 28.5 Å². The van der Waals surface area contributed by atoms with Gasteiger partial charge in [-0.15, -0.1) is 0 Å². The highest BCUT2D eigenvalue weighted by atomic mass is 16.6. The third-order valence-electron chi connectivity index (χ3n) is 4.55. The number of amides is 1. The Morgan fingerprint density at radius 2 is 1.80 bits per heavy atom. The van der Waals surface area contributed by atoms with Gasteiger partial charge in [-0.25, -0.2) is 4.79 Å². The second-order valence-corrected chi connectivity index (χ2v) is 6.87. The Labute approximate surface area is 171 Å². The van der Waals surface area contributed by atoms with E-state index >= 15 is 0 Å². The van der Waals surface area contributed by atoms with Crippen LogP contribution in [0.4, 0.5) is 5.69 Å². The van der Waals surface area contributed by atoms with Crippen LogP contribution < -0.4 is 20.2 Å². The van der Waals surface area contributed by atoms with E-state index < -0.39 is 18.0 Å². The number of benzene rings is 2. The number of esters is 1. The predicted octanol–water partition coefficient (Wildman–Crippen LogP) is 3.06. The maximum absolute atomic E-state index is 12.4.